The van der Waals surface area contributed by atoms with E-state index in [-0.39, 0.29) is 40.5 Å². The number of fused-ring (bicyclic) bond motifs is 1. The molecule has 2 aromatic heterocycles. The molecule has 3 heterocycles. The van der Waals surface area contributed by atoms with E-state index in [2.05, 4.69) is 10.1 Å². The zero-order chi connectivity index (χ0) is 32.6. The van der Waals surface area contributed by atoms with Gasteiger partial charge < -0.3 is 28.9 Å². The summed E-state index contributed by atoms with van der Waals surface area (Å²) in [5.74, 6) is -1.71. The van der Waals surface area contributed by atoms with E-state index in [1.165, 1.54) is 36.5 Å². The molecule has 5 aromatic rings. The predicted molar refractivity (Wildman–Crippen MR) is 156 cm³/mol. The minimum atomic E-state index is -4.52. The second kappa shape index (κ2) is 12.3. The smallest absolute Gasteiger partial charge is 0.395 e. The highest BCUT2D eigenvalue weighted by Crippen LogP contribution is 2.34. The van der Waals surface area contributed by atoms with Crippen LogP contribution in [-0.2, 0) is 22.9 Å². The Hall–Kier alpha value is -4.66. The zero-order valence-corrected chi connectivity index (χ0v) is 24.1. The number of aliphatic hydroxyl groups excluding tert-OH is 2. The minimum Gasteiger partial charge on any atom is -0.395 e. The molecule has 0 unspecified atom stereocenters. The van der Waals surface area contributed by atoms with Crippen LogP contribution in [-0.4, -0.2) is 64.4 Å². The molecule has 46 heavy (non-hydrogen) atoms. The first-order valence-corrected chi connectivity index (χ1v) is 14.2. The number of aromatic nitrogens is 3. The van der Waals surface area contributed by atoms with E-state index in [4.69, 9.17) is 9.26 Å². The third kappa shape index (κ3) is 5.74. The number of rotatable bonds is 8. The number of ether oxygens (including phenoxy) is 1. The van der Waals surface area contributed by atoms with Gasteiger partial charge in [0.15, 0.2) is 0 Å². The first-order valence-electron chi connectivity index (χ1n) is 14.2. The third-order valence-electron chi connectivity index (χ3n) is 8.15. The molecule has 6 rings (SSSR count). The molecule has 0 bridgehead atoms. The molecule has 240 valence electrons. The van der Waals surface area contributed by atoms with Crippen molar-refractivity contribution >= 4 is 16.6 Å². The molecule has 1 fully saturated rings. The van der Waals surface area contributed by atoms with Crippen molar-refractivity contribution in [1.29, 1.82) is 0 Å². The van der Waals surface area contributed by atoms with Gasteiger partial charge in [0, 0.05) is 31.2 Å². The monoisotopic (exact) mass is 642 g/mol. The van der Waals surface area contributed by atoms with Crippen molar-refractivity contribution in [2.75, 3.05) is 44.4 Å². The van der Waals surface area contributed by atoms with Gasteiger partial charge in [-0.25, -0.2) is 8.78 Å². The lowest BCUT2D eigenvalue weighted by molar-refractivity contribution is -0.137. The quantitative estimate of drug-likeness (QED) is 0.238. The van der Waals surface area contributed by atoms with E-state index in [1.807, 2.05) is 0 Å². The van der Waals surface area contributed by atoms with Crippen LogP contribution >= 0.6 is 0 Å². The maximum Gasteiger partial charge on any atom is 0.416 e. The van der Waals surface area contributed by atoms with E-state index in [0.29, 0.717) is 37.4 Å². The second-order valence-corrected chi connectivity index (χ2v) is 10.9. The number of alkyl halides is 3. The standard InChI is InChI=1S/C32H27F5N4O5/c33-22-7-5-20(6-8-22)31(17-42,18-43)30-38-29(39-46-30)24-16-41(15-19-1-3-21(4-2-19)32(35,36)37)26-14-27(40-9-11-45-12-10-40)25(34)13-23(26)28(24)44/h1-8,13-14,16,42-43H,9-12,15,17-18H2. The molecule has 9 nitrogen and oxygen atoms in total. The molecule has 3 aromatic carbocycles. The topological polar surface area (TPSA) is 114 Å². The fourth-order valence-electron chi connectivity index (χ4n) is 5.52. The van der Waals surface area contributed by atoms with Crippen LogP contribution in [0.4, 0.5) is 27.6 Å². The third-order valence-corrected chi connectivity index (χ3v) is 8.15. The van der Waals surface area contributed by atoms with Crippen molar-refractivity contribution in [2.24, 2.45) is 0 Å². The summed E-state index contributed by atoms with van der Waals surface area (Å²) in [5.41, 5.74) is -1.97. The first-order chi connectivity index (χ1) is 22.0. The highest BCUT2D eigenvalue weighted by molar-refractivity contribution is 5.86. The molecule has 1 aliphatic rings. The first kappa shape index (κ1) is 31.3. The molecule has 14 heteroatoms. The van der Waals surface area contributed by atoms with Crippen LogP contribution in [0.15, 0.2) is 76.2 Å². The highest BCUT2D eigenvalue weighted by atomic mass is 19.4. The van der Waals surface area contributed by atoms with Crippen molar-refractivity contribution in [2.45, 2.75) is 18.1 Å². The largest absolute Gasteiger partial charge is 0.416 e. The van der Waals surface area contributed by atoms with Crippen LogP contribution in [0.2, 0.25) is 0 Å². The number of morpholine rings is 1. The van der Waals surface area contributed by atoms with Crippen molar-refractivity contribution in [3.63, 3.8) is 0 Å². The van der Waals surface area contributed by atoms with E-state index in [1.54, 1.807) is 9.47 Å². The summed E-state index contributed by atoms with van der Waals surface area (Å²) in [7, 11) is 0. The van der Waals surface area contributed by atoms with Gasteiger partial charge in [-0.05, 0) is 47.5 Å². The fraction of sp³-hybridized carbons (Fsp3) is 0.281. The number of nitrogens with zero attached hydrogens (tertiary/aromatic N) is 4. The summed E-state index contributed by atoms with van der Waals surface area (Å²) in [6, 6.07) is 12.1. The van der Waals surface area contributed by atoms with Gasteiger partial charge in [0.05, 0.1) is 48.8 Å². The number of pyridine rings is 1. The maximum atomic E-state index is 15.5. The summed E-state index contributed by atoms with van der Waals surface area (Å²) in [5, 5.41) is 24.5. The molecule has 1 saturated heterocycles. The Kier molecular flexibility index (Phi) is 8.35. The van der Waals surface area contributed by atoms with Crippen molar-refractivity contribution in [1.82, 2.24) is 14.7 Å². The fourth-order valence-corrected chi connectivity index (χ4v) is 5.52. The Bertz CT molecular complexity index is 1910. The molecule has 2 N–H and O–H groups in total. The van der Waals surface area contributed by atoms with E-state index >= 15 is 4.39 Å². The lowest BCUT2D eigenvalue weighted by Gasteiger charge is -2.29. The van der Waals surface area contributed by atoms with Crippen LogP contribution in [0.5, 0.6) is 0 Å². The normalized spacial score (nSPS) is 14.3. The lowest BCUT2D eigenvalue weighted by atomic mass is 9.81. The van der Waals surface area contributed by atoms with Crippen LogP contribution < -0.4 is 10.3 Å². The summed E-state index contributed by atoms with van der Waals surface area (Å²) in [4.78, 5) is 19.9. The Morgan fingerprint density at radius 2 is 1.54 bits per heavy atom. The van der Waals surface area contributed by atoms with Crippen LogP contribution in [0, 0.1) is 11.6 Å². The number of hydrogen-bond donors (Lipinski definition) is 2. The molecule has 0 amide bonds. The van der Waals surface area contributed by atoms with Gasteiger partial charge in [-0.1, -0.05) is 29.4 Å². The molecule has 0 saturated carbocycles. The number of anilines is 1. The summed E-state index contributed by atoms with van der Waals surface area (Å²) >= 11 is 0. The summed E-state index contributed by atoms with van der Waals surface area (Å²) in [6.07, 6.45) is -3.13. The lowest BCUT2D eigenvalue weighted by Crippen LogP contribution is -2.36. The van der Waals surface area contributed by atoms with Gasteiger partial charge in [0.25, 0.3) is 0 Å². The molecule has 0 atom stereocenters. The maximum absolute atomic E-state index is 15.5. The number of hydrogen-bond acceptors (Lipinski definition) is 8. The molecular weight excluding hydrogens is 615 g/mol. The molecular formula is C32H27F5N4O5. The Labute approximate surface area is 258 Å². The highest BCUT2D eigenvalue weighted by Gasteiger charge is 2.40. The van der Waals surface area contributed by atoms with Gasteiger partial charge in [0.2, 0.25) is 17.1 Å². The van der Waals surface area contributed by atoms with Crippen molar-refractivity contribution < 1.29 is 41.4 Å². The molecule has 0 spiro atoms. The Morgan fingerprint density at radius 1 is 0.891 bits per heavy atom. The number of aliphatic hydroxyl groups is 2. The van der Waals surface area contributed by atoms with E-state index in [0.717, 1.165) is 30.3 Å². The number of benzene rings is 3. The van der Waals surface area contributed by atoms with Gasteiger partial charge in [-0.3, -0.25) is 4.79 Å². The zero-order valence-electron chi connectivity index (χ0n) is 24.1. The van der Waals surface area contributed by atoms with Crippen molar-refractivity contribution in [3.8, 4) is 11.4 Å². The van der Waals surface area contributed by atoms with Gasteiger partial charge in [0.1, 0.15) is 17.0 Å². The molecule has 0 aliphatic carbocycles. The second-order valence-electron chi connectivity index (χ2n) is 10.9. The minimum absolute atomic E-state index is 0.00634. The van der Waals surface area contributed by atoms with Gasteiger partial charge in [-0.2, -0.15) is 18.2 Å². The SMILES string of the molecule is O=c1c(-c2noc(C(CO)(CO)c3ccc(F)cc3)n2)cn(Cc2ccc(C(F)(F)F)cc2)c2cc(N3CCOCC3)c(F)cc12. The van der Waals surface area contributed by atoms with E-state index in [9.17, 15) is 32.6 Å². The van der Waals surface area contributed by atoms with Gasteiger partial charge >= 0.3 is 6.18 Å². The number of halogens is 5. The Morgan fingerprint density at radius 3 is 2.17 bits per heavy atom. The Balaban J connectivity index is 1.49. The summed E-state index contributed by atoms with van der Waals surface area (Å²) < 4.78 is 81.1. The van der Waals surface area contributed by atoms with Crippen LogP contribution in [0.3, 0.4) is 0 Å². The van der Waals surface area contributed by atoms with Crippen LogP contribution in [0.1, 0.15) is 22.6 Å². The average Bonchev–Trinajstić information content (AvgIpc) is 3.54. The summed E-state index contributed by atoms with van der Waals surface area (Å²) in [6.45, 7) is 0.186. The van der Waals surface area contributed by atoms with E-state index < -0.39 is 47.4 Å². The molecule has 1 aliphatic heterocycles. The predicted octanol–water partition coefficient (Wildman–Crippen LogP) is 4.50. The van der Waals surface area contributed by atoms with Crippen LogP contribution in [0.25, 0.3) is 22.3 Å². The molecule has 0 radical (unpaired) electrons. The van der Waals surface area contributed by atoms with Crippen molar-refractivity contribution in [3.05, 3.63) is 111 Å². The van der Waals surface area contributed by atoms with Gasteiger partial charge in [-0.15, -0.1) is 0 Å². The average molecular weight is 643 g/mol.